The Morgan fingerprint density at radius 3 is 2.32 bits per heavy atom. The van der Waals surface area contributed by atoms with Crippen LogP contribution in [0.15, 0.2) is 59.5 Å². The van der Waals surface area contributed by atoms with E-state index in [9.17, 15) is 13.2 Å². The number of nitrogens with zero attached hydrogens (tertiary/aromatic N) is 1. The predicted molar refractivity (Wildman–Crippen MR) is 99.9 cm³/mol. The van der Waals surface area contributed by atoms with Crippen LogP contribution >= 0.6 is 0 Å². The topological polar surface area (TPSA) is 66.5 Å². The minimum Gasteiger partial charge on any atom is -0.326 e. The molecule has 2 aromatic carbocycles. The van der Waals surface area contributed by atoms with Crippen molar-refractivity contribution < 1.29 is 13.2 Å². The van der Waals surface area contributed by atoms with E-state index in [4.69, 9.17) is 0 Å². The zero-order valence-corrected chi connectivity index (χ0v) is 15.4. The summed E-state index contributed by atoms with van der Waals surface area (Å²) < 4.78 is 26.5. The molecule has 0 fully saturated rings. The van der Waals surface area contributed by atoms with E-state index < -0.39 is 10.0 Å². The highest BCUT2D eigenvalue weighted by Gasteiger charge is 2.21. The molecule has 5 nitrogen and oxygen atoms in total. The van der Waals surface area contributed by atoms with Crippen LogP contribution < -0.4 is 5.32 Å². The number of hydrogen-bond donors (Lipinski definition) is 1. The van der Waals surface area contributed by atoms with Crippen molar-refractivity contribution >= 4 is 21.6 Å². The van der Waals surface area contributed by atoms with Gasteiger partial charge in [-0.15, -0.1) is 0 Å². The normalized spacial score (nSPS) is 11.5. The van der Waals surface area contributed by atoms with Gasteiger partial charge in [-0.05, 0) is 30.2 Å². The molecule has 1 amide bonds. The molecule has 2 rings (SSSR count). The third-order valence-corrected chi connectivity index (χ3v) is 5.99. The summed E-state index contributed by atoms with van der Waals surface area (Å²) in [5.74, 6) is -0.138. The van der Waals surface area contributed by atoms with Crippen molar-refractivity contribution in [3.05, 3.63) is 60.2 Å². The Hall–Kier alpha value is -2.18. The number of benzene rings is 2. The number of anilines is 1. The first-order valence-electron chi connectivity index (χ1n) is 8.41. The van der Waals surface area contributed by atoms with Gasteiger partial charge >= 0.3 is 0 Å². The molecule has 6 heteroatoms. The molecule has 0 aliphatic carbocycles. The molecule has 0 radical (unpaired) electrons. The van der Waals surface area contributed by atoms with E-state index in [2.05, 4.69) is 5.32 Å². The van der Waals surface area contributed by atoms with Gasteiger partial charge in [0.15, 0.2) is 0 Å². The second-order valence-corrected chi connectivity index (χ2v) is 7.59. The number of carbonyl (C=O) groups is 1. The van der Waals surface area contributed by atoms with E-state index in [0.29, 0.717) is 31.6 Å². The highest BCUT2D eigenvalue weighted by molar-refractivity contribution is 7.89. The summed E-state index contributed by atoms with van der Waals surface area (Å²) in [6.45, 7) is 4.42. The minimum atomic E-state index is -3.53. The van der Waals surface area contributed by atoms with Crippen molar-refractivity contribution in [3.8, 4) is 0 Å². The number of sulfonamides is 1. The summed E-state index contributed by atoms with van der Waals surface area (Å²) in [7, 11) is -3.53. The average Bonchev–Trinajstić information content (AvgIpc) is 2.62. The number of hydrogen-bond acceptors (Lipinski definition) is 3. The molecule has 0 spiro atoms. The Labute approximate surface area is 149 Å². The van der Waals surface area contributed by atoms with Gasteiger partial charge in [0, 0.05) is 25.2 Å². The van der Waals surface area contributed by atoms with Crippen LogP contribution in [0.25, 0.3) is 0 Å². The quantitative estimate of drug-likeness (QED) is 0.785. The van der Waals surface area contributed by atoms with Crippen LogP contribution in [-0.2, 0) is 21.2 Å². The fourth-order valence-corrected chi connectivity index (χ4v) is 4.08. The summed E-state index contributed by atoms with van der Waals surface area (Å²) in [6, 6.07) is 16.2. The first-order chi connectivity index (χ1) is 12.0. The Morgan fingerprint density at radius 1 is 1.00 bits per heavy atom. The number of amides is 1. The molecule has 0 saturated heterocycles. The van der Waals surface area contributed by atoms with Gasteiger partial charge in [0.1, 0.15) is 0 Å². The van der Waals surface area contributed by atoms with Gasteiger partial charge in [0.25, 0.3) is 0 Å². The molecule has 0 saturated carbocycles. The lowest BCUT2D eigenvalue weighted by Gasteiger charge is -2.18. The van der Waals surface area contributed by atoms with E-state index in [0.717, 1.165) is 5.56 Å². The highest BCUT2D eigenvalue weighted by Crippen LogP contribution is 2.19. The second kappa shape index (κ2) is 8.78. The predicted octanol–water partition coefficient (Wildman–Crippen LogP) is 3.29. The SMILES string of the molecule is CCN(CC)S(=O)(=O)c1cccc(NC(=O)CCc2ccccc2)c1. The molecule has 0 aromatic heterocycles. The summed E-state index contributed by atoms with van der Waals surface area (Å²) in [5, 5.41) is 2.78. The Morgan fingerprint density at radius 2 is 1.68 bits per heavy atom. The Balaban J connectivity index is 2.05. The monoisotopic (exact) mass is 360 g/mol. The zero-order valence-electron chi connectivity index (χ0n) is 14.6. The average molecular weight is 360 g/mol. The standard InChI is InChI=1S/C19H24N2O3S/c1-3-21(4-2)25(23,24)18-12-8-11-17(15-18)20-19(22)14-13-16-9-6-5-7-10-16/h5-12,15H,3-4,13-14H2,1-2H3,(H,20,22). The fourth-order valence-electron chi connectivity index (χ4n) is 2.57. The minimum absolute atomic E-state index is 0.138. The van der Waals surface area contributed by atoms with Crippen LogP contribution in [0, 0.1) is 0 Å². The van der Waals surface area contributed by atoms with Gasteiger partial charge in [-0.1, -0.05) is 50.2 Å². The second-order valence-electron chi connectivity index (χ2n) is 5.65. The van der Waals surface area contributed by atoms with Crippen molar-refractivity contribution in [1.29, 1.82) is 0 Å². The van der Waals surface area contributed by atoms with Crippen LogP contribution in [0.4, 0.5) is 5.69 Å². The Bertz CT molecular complexity index is 800. The molecule has 0 heterocycles. The third kappa shape index (κ3) is 5.14. The molecule has 0 unspecified atom stereocenters. The van der Waals surface area contributed by atoms with E-state index in [1.165, 1.54) is 10.4 Å². The summed E-state index contributed by atoms with van der Waals surface area (Å²) in [6.07, 6.45) is 0.987. The van der Waals surface area contributed by atoms with E-state index in [1.54, 1.807) is 32.0 Å². The molecule has 134 valence electrons. The number of nitrogens with one attached hydrogen (secondary N) is 1. The van der Waals surface area contributed by atoms with Crippen LogP contribution in [-0.4, -0.2) is 31.7 Å². The molecular formula is C19H24N2O3S. The number of carbonyl (C=O) groups excluding carboxylic acids is 1. The van der Waals surface area contributed by atoms with Gasteiger partial charge in [-0.2, -0.15) is 4.31 Å². The van der Waals surface area contributed by atoms with Crippen molar-refractivity contribution in [2.75, 3.05) is 18.4 Å². The Kier molecular flexibility index (Phi) is 6.73. The molecule has 1 N–H and O–H groups in total. The van der Waals surface area contributed by atoms with E-state index in [-0.39, 0.29) is 10.8 Å². The molecule has 0 bridgehead atoms. The lowest BCUT2D eigenvalue weighted by atomic mass is 10.1. The zero-order chi connectivity index (χ0) is 18.3. The summed E-state index contributed by atoms with van der Waals surface area (Å²) in [4.78, 5) is 12.3. The van der Waals surface area contributed by atoms with Gasteiger partial charge in [0.2, 0.25) is 15.9 Å². The number of aryl methyl sites for hydroxylation is 1. The molecule has 25 heavy (non-hydrogen) atoms. The van der Waals surface area contributed by atoms with Crippen LogP contribution in [0.3, 0.4) is 0 Å². The molecule has 0 atom stereocenters. The van der Waals surface area contributed by atoms with Crippen LogP contribution in [0.1, 0.15) is 25.8 Å². The third-order valence-electron chi connectivity index (χ3n) is 3.94. The van der Waals surface area contributed by atoms with Gasteiger partial charge in [-0.25, -0.2) is 8.42 Å². The van der Waals surface area contributed by atoms with Crippen LogP contribution in [0.5, 0.6) is 0 Å². The molecule has 2 aromatic rings. The lowest BCUT2D eigenvalue weighted by Crippen LogP contribution is -2.30. The van der Waals surface area contributed by atoms with E-state index in [1.807, 2.05) is 30.3 Å². The van der Waals surface area contributed by atoms with E-state index >= 15 is 0 Å². The fraction of sp³-hybridized carbons (Fsp3) is 0.316. The van der Waals surface area contributed by atoms with Crippen molar-refractivity contribution in [2.45, 2.75) is 31.6 Å². The largest absolute Gasteiger partial charge is 0.326 e. The number of rotatable bonds is 8. The van der Waals surface area contributed by atoms with Crippen molar-refractivity contribution in [2.24, 2.45) is 0 Å². The summed E-state index contributed by atoms with van der Waals surface area (Å²) >= 11 is 0. The summed E-state index contributed by atoms with van der Waals surface area (Å²) in [5.41, 5.74) is 1.59. The van der Waals surface area contributed by atoms with Crippen molar-refractivity contribution in [1.82, 2.24) is 4.31 Å². The molecular weight excluding hydrogens is 336 g/mol. The van der Waals surface area contributed by atoms with Crippen molar-refractivity contribution in [3.63, 3.8) is 0 Å². The highest BCUT2D eigenvalue weighted by atomic mass is 32.2. The molecule has 0 aliphatic rings. The van der Waals surface area contributed by atoms with Gasteiger partial charge < -0.3 is 5.32 Å². The maximum atomic E-state index is 12.6. The first kappa shape index (κ1) is 19.1. The lowest BCUT2D eigenvalue weighted by molar-refractivity contribution is -0.116. The van der Waals surface area contributed by atoms with Crippen LogP contribution in [0.2, 0.25) is 0 Å². The van der Waals surface area contributed by atoms with Gasteiger partial charge in [-0.3, -0.25) is 4.79 Å². The smallest absolute Gasteiger partial charge is 0.243 e. The first-order valence-corrected chi connectivity index (χ1v) is 9.85. The maximum absolute atomic E-state index is 12.6. The maximum Gasteiger partial charge on any atom is 0.243 e. The van der Waals surface area contributed by atoms with Gasteiger partial charge in [0.05, 0.1) is 4.90 Å². The molecule has 0 aliphatic heterocycles.